The molecule has 3 nitrogen and oxygen atoms in total. The first-order valence-electron chi connectivity index (χ1n) is 9.58. The topological polar surface area (TPSA) is 18.5 Å². The Hall–Kier alpha value is -0.120. The van der Waals surface area contributed by atoms with Gasteiger partial charge in [-0.3, -0.25) is 15.1 Å². The SMILES string of the molecule is CCCCCC(CC)C1(C)CNC2CN(C(C)(C)C)CCN21. The Balaban J connectivity index is 2.01. The molecule has 0 radical (unpaired) electrons. The molecular formula is C19H39N3. The highest BCUT2D eigenvalue weighted by molar-refractivity contribution is 5.05. The molecule has 0 bridgehead atoms. The van der Waals surface area contributed by atoms with Crippen molar-refractivity contribution in [2.24, 2.45) is 5.92 Å². The van der Waals surface area contributed by atoms with Gasteiger partial charge in [0.2, 0.25) is 0 Å². The van der Waals surface area contributed by atoms with Crippen LogP contribution in [0.2, 0.25) is 0 Å². The first kappa shape index (κ1) is 18.2. The maximum atomic E-state index is 3.84. The van der Waals surface area contributed by atoms with Gasteiger partial charge in [0.15, 0.2) is 0 Å². The normalized spacial score (nSPS) is 32.2. The Bertz CT molecular complexity index is 349. The molecule has 0 aromatic carbocycles. The van der Waals surface area contributed by atoms with Crippen molar-refractivity contribution in [3.8, 4) is 0 Å². The van der Waals surface area contributed by atoms with Gasteiger partial charge < -0.3 is 0 Å². The molecule has 1 N–H and O–H groups in total. The van der Waals surface area contributed by atoms with Crippen LogP contribution in [0.1, 0.15) is 73.6 Å². The monoisotopic (exact) mass is 309 g/mol. The molecule has 0 aromatic heterocycles. The Morgan fingerprint density at radius 1 is 1.18 bits per heavy atom. The lowest BCUT2D eigenvalue weighted by Crippen LogP contribution is -2.62. The third-order valence-corrected chi connectivity index (χ3v) is 6.21. The zero-order valence-corrected chi connectivity index (χ0v) is 15.9. The molecule has 2 heterocycles. The summed E-state index contributed by atoms with van der Waals surface area (Å²) in [4.78, 5) is 5.44. The molecule has 3 unspecified atom stereocenters. The molecular weight excluding hydrogens is 270 g/mol. The van der Waals surface area contributed by atoms with E-state index in [1.54, 1.807) is 0 Å². The summed E-state index contributed by atoms with van der Waals surface area (Å²) < 4.78 is 0. The fourth-order valence-corrected chi connectivity index (χ4v) is 4.58. The van der Waals surface area contributed by atoms with Gasteiger partial charge in [-0.1, -0.05) is 39.5 Å². The summed E-state index contributed by atoms with van der Waals surface area (Å²) in [5, 5.41) is 3.84. The van der Waals surface area contributed by atoms with E-state index in [0.717, 1.165) is 5.92 Å². The average Bonchev–Trinajstić information content (AvgIpc) is 2.81. The van der Waals surface area contributed by atoms with Gasteiger partial charge in [-0.15, -0.1) is 0 Å². The van der Waals surface area contributed by atoms with Gasteiger partial charge in [-0.25, -0.2) is 0 Å². The number of rotatable bonds is 6. The molecule has 3 atom stereocenters. The van der Waals surface area contributed by atoms with Gasteiger partial charge in [0.25, 0.3) is 0 Å². The van der Waals surface area contributed by atoms with E-state index in [1.807, 2.05) is 0 Å². The van der Waals surface area contributed by atoms with Crippen molar-refractivity contribution in [2.75, 3.05) is 26.2 Å². The van der Waals surface area contributed by atoms with Crippen LogP contribution in [0.4, 0.5) is 0 Å². The highest BCUT2D eigenvalue weighted by Gasteiger charge is 2.49. The van der Waals surface area contributed by atoms with Gasteiger partial charge in [0.1, 0.15) is 0 Å². The van der Waals surface area contributed by atoms with Crippen LogP contribution in [-0.2, 0) is 0 Å². The third-order valence-electron chi connectivity index (χ3n) is 6.21. The fourth-order valence-electron chi connectivity index (χ4n) is 4.58. The maximum Gasteiger partial charge on any atom is 0.0734 e. The molecule has 22 heavy (non-hydrogen) atoms. The Morgan fingerprint density at radius 2 is 1.91 bits per heavy atom. The fraction of sp³-hybridized carbons (Fsp3) is 1.00. The van der Waals surface area contributed by atoms with Crippen molar-refractivity contribution in [3.63, 3.8) is 0 Å². The molecule has 0 spiro atoms. The van der Waals surface area contributed by atoms with E-state index in [0.29, 0.717) is 11.7 Å². The van der Waals surface area contributed by atoms with Crippen molar-refractivity contribution in [1.29, 1.82) is 0 Å². The minimum atomic E-state index is 0.290. The average molecular weight is 310 g/mol. The van der Waals surface area contributed by atoms with Crippen LogP contribution in [-0.4, -0.2) is 53.2 Å². The standard InChI is InChI=1S/C19H39N3/c1-7-9-10-11-16(8-2)19(6)15-20-17-14-21(18(3,4)5)12-13-22(17)19/h16-17,20H,7-15H2,1-6H3. The molecule has 2 fully saturated rings. The number of hydrogen-bond acceptors (Lipinski definition) is 3. The van der Waals surface area contributed by atoms with Crippen molar-refractivity contribution < 1.29 is 0 Å². The van der Waals surface area contributed by atoms with Crippen LogP contribution >= 0.6 is 0 Å². The molecule has 2 aliphatic heterocycles. The summed E-state index contributed by atoms with van der Waals surface area (Å²) in [5.74, 6) is 0.831. The van der Waals surface area contributed by atoms with Crippen LogP contribution in [0, 0.1) is 5.92 Å². The second-order valence-electron chi connectivity index (χ2n) is 8.67. The third kappa shape index (κ3) is 3.68. The lowest BCUT2D eigenvalue weighted by Gasteiger charge is -2.50. The predicted octanol–water partition coefficient (Wildman–Crippen LogP) is 3.70. The van der Waals surface area contributed by atoms with E-state index in [1.165, 1.54) is 58.3 Å². The van der Waals surface area contributed by atoms with Crippen LogP contribution in [0.5, 0.6) is 0 Å². The van der Waals surface area contributed by atoms with Crippen LogP contribution < -0.4 is 5.32 Å². The van der Waals surface area contributed by atoms with Crippen LogP contribution in [0.25, 0.3) is 0 Å². The summed E-state index contributed by atoms with van der Waals surface area (Å²) in [6.45, 7) is 19.0. The minimum absolute atomic E-state index is 0.290. The summed E-state index contributed by atoms with van der Waals surface area (Å²) in [6.07, 6.45) is 7.39. The lowest BCUT2D eigenvalue weighted by atomic mass is 9.79. The van der Waals surface area contributed by atoms with E-state index in [2.05, 4.69) is 56.7 Å². The summed E-state index contributed by atoms with van der Waals surface area (Å²) in [7, 11) is 0. The van der Waals surface area contributed by atoms with E-state index in [-0.39, 0.29) is 5.54 Å². The highest BCUT2D eigenvalue weighted by atomic mass is 15.4. The summed E-state index contributed by atoms with van der Waals surface area (Å²) in [6, 6.07) is 0. The van der Waals surface area contributed by atoms with Gasteiger partial charge in [-0.2, -0.15) is 0 Å². The van der Waals surface area contributed by atoms with Gasteiger partial charge in [0, 0.05) is 37.3 Å². The number of unbranched alkanes of at least 4 members (excludes halogenated alkanes) is 2. The lowest BCUT2D eigenvalue weighted by molar-refractivity contribution is -0.0223. The molecule has 2 saturated heterocycles. The molecule has 2 rings (SSSR count). The quantitative estimate of drug-likeness (QED) is 0.755. The number of nitrogens with one attached hydrogen (secondary N) is 1. The zero-order chi connectivity index (χ0) is 16.4. The first-order valence-corrected chi connectivity index (χ1v) is 9.58. The van der Waals surface area contributed by atoms with Gasteiger partial charge in [0.05, 0.1) is 6.17 Å². The van der Waals surface area contributed by atoms with Gasteiger partial charge >= 0.3 is 0 Å². The minimum Gasteiger partial charge on any atom is -0.299 e. The molecule has 130 valence electrons. The van der Waals surface area contributed by atoms with Crippen molar-refractivity contribution in [2.45, 2.75) is 90.9 Å². The number of nitrogens with zero attached hydrogens (tertiary/aromatic N) is 2. The molecule has 0 saturated carbocycles. The maximum absolute atomic E-state index is 3.84. The van der Waals surface area contributed by atoms with Crippen molar-refractivity contribution >= 4 is 0 Å². The largest absolute Gasteiger partial charge is 0.299 e. The molecule has 0 aromatic rings. The van der Waals surface area contributed by atoms with Crippen molar-refractivity contribution in [3.05, 3.63) is 0 Å². The summed E-state index contributed by atoms with van der Waals surface area (Å²) >= 11 is 0. The Labute approximate surface area is 138 Å². The second kappa shape index (κ2) is 7.19. The number of hydrogen-bond donors (Lipinski definition) is 1. The molecule has 2 aliphatic rings. The van der Waals surface area contributed by atoms with Crippen LogP contribution in [0.15, 0.2) is 0 Å². The van der Waals surface area contributed by atoms with Crippen molar-refractivity contribution in [1.82, 2.24) is 15.1 Å². The van der Waals surface area contributed by atoms with E-state index in [4.69, 9.17) is 0 Å². The number of fused-ring (bicyclic) bond motifs is 1. The Kier molecular flexibility index (Phi) is 5.95. The van der Waals surface area contributed by atoms with Crippen LogP contribution in [0.3, 0.4) is 0 Å². The number of piperazine rings is 1. The predicted molar refractivity (Wildman–Crippen MR) is 96.2 cm³/mol. The van der Waals surface area contributed by atoms with Gasteiger partial charge in [-0.05, 0) is 40.0 Å². The summed E-state index contributed by atoms with van der Waals surface area (Å²) in [5.41, 5.74) is 0.648. The zero-order valence-electron chi connectivity index (χ0n) is 15.9. The first-order chi connectivity index (χ1) is 10.3. The highest BCUT2D eigenvalue weighted by Crippen LogP contribution is 2.37. The molecule has 0 aliphatic carbocycles. The second-order valence-corrected chi connectivity index (χ2v) is 8.67. The van der Waals surface area contributed by atoms with E-state index < -0.39 is 0 Å². The Morgan fingerprint density at radius 3 is 2.50 bits per heavy atom. The smallest absolute Gasteiger partial charge is 0.0734 e. The molecule has 0 amide bonds. The van der Waals surface area contributed by atoms with E-state index >= 15 is 0 Å². The van der Waals surface area contributed by atoms with E-state index in [9.17, 15) is 0 Å². The molecule has 3 heteroatoms.